The van der Waals surface area contributed by atoms with Crippen LogP contribution in [0, 0.1) is 5.92 Å². The topological polar surface area (TPSA) is 66.4 Å². The minimum atomic E-state index is -4.35. The molecule has 0 heterocycles. The van der Waals surface area contributed by atoms with Crippen molar-refractivity contribution >= 4 is 11.9 Å². The largest absolute Gasteiger partial charge is 0.481 e. The van der Waals surface area contributed by atoms with Crippen LogP contribution in [0.15, 0.2) is 0 Å². The zero-order valence-electron chi connectivity index (χ0n) is 12.6. The molecule has 0 aromatic rings. The minimum Gasteiger partial charge on any atom is -0.481 e. The van der Waals surface area contributed by atoms with E-state index >= 15 is 0 Å². The molecule has 1 rings (SSSR count). The van der Waals surface area contributed by atoms with Crippen molar-refractivity contribution in [3.05, 3.63) is 0 Å². The van der Waals surface area contributed by atoms with Crippen LogP contribution in [0.1, 0.15) is 64.2 Å². The van der Waals surface area contributed by atoms with Gasteiger partial charge >= 0.3 is 12.1 Å². The van der Waals surface area contributed by atoms with Gasteiger partial charge < -0.3 is 10.4 Å². The van der Waals surface area contributed by atoms with Gasteiger partial charge in [-0.2, -0.15) is 13.2 Å². The summed E-state index contributed by atoms with van der Waals surface area (Å²) in [5.41, 5.74) is 0. The second kappa shape index (κ2) is 9.00. The van der Waals surface area contributed by atoms with Crippen LogP contribution < -0.4 is 5.32 Å². The van der Waals surface area contributed by atoms with E-state index in [-0.39, 0.29) is 18.9 Å². The summed E-state index contributed by atoms with van der Waals surface area (Å²) < 4.78 is 36.4. The van der Waals surface area contributed by atoms with E-state index in [9.17, 15) is 22.8 Å². The number of carbonyl (C=O) groups excluding carboxylic acids is 1. The van der Waals surface area contributed by atoms with Crippen molar-refractivity contribution in [2.24, 2.45) is 5.92 Å². The first-order valence-corrected chi connectivity index (χ1v) is 7.84. The van der Waals surface area contributed by atoms with Crippen molar-refractivity contribution in [1.82, 2.24) is 5.32 Å². The Bertz CT molecular complexity index is 366. The van der Waals surface area contributed by atoms with Crippen molar-refractivity contribution in [2.75, 3.05) is 0 Å². The average Bonchev–Trinajstić information content (AvgIpc) is 2.43. The lowest BCUT2D eigenvalue weighted by Gasteiger charge is -2.27. The van der Waals surface area contributed by atoms with E-state index in [1.165, 1.54) is 6.42 Å². The molecule has 1 unspecified atom stereocenters. The highest BCUT2D eigenvalue weighted by Crippen LogP contribution is 2.28. The molecule has 0 saturated heterocycles. The van der Waals surface area contributed by atoms with E-state index in [2.05, 4.69) is 5.32 Å². The van der Waals surface area contributed by atoms with E-state index in [0.29, 0.717) is 12.3 Å². The molecule has 1 fully saturated rings. The lowest BCUT2D eigenvalue weighted by molar-refractivity contribution is -0.144. The summed E-state index contributed by atoms with van der Waals surface area (Å²) in [4.78, 5) is 22.3. The van der Waals surface area contributed by atoms with Gasteiger partial charge in [0.2, 0.25) is 5.91 Å². The van der Waals surface area contributed by atoms with Gasteiger partial charge in [0.15, 0.2) is 0 Å². The fourth-order valence-corrected chi connectivity index (χ4v) is 2.93. The first-order chi connectivity index (χ1) is 10.3. The molecule has 0 aromatic carbocycles. The second-order valence-corrected chi connectivity index (χ2v) is 6.05. The number of aliphatic carboxylic acids is 1. The predicted octanol–water partition coefficient (Wildman–Crippen LogP) is 3.65. The molecule has 1 aliphatic carbocycles. The van der Waals surface area contributed by atoms with E-state index < -0.39 is 30.9 Å². The number of halogens is 3. The smallest absolute Gasteiger partial charge is 0.389 e. The Kier molecular flexibility index (Phi) is 7.68. The van der Waals surface area contributed by atoms with Crippen molar-refractivity contribution in [2.45, 2.75) is 76.4 Å². The molecule has 0 spiro atoms. The minimum absolute atomic E-state index is 0.0864. The zero-order chi connectivity index (χ0) is 16.6. The molecule has 1 amide bonds. The zero-order valence-corrected chi connectivity index (χ0v) is 12.6. The van der Waals surface area contributed by atoms with Gasteiger partial charge in [0.1, 0.15) is 0 Å². The monoisotopic (exact) mass is 323 g/mol. The van der Waals surface area contributed by atoms with Crippen molar-refractivity contribution < 1.29 is 27.9 Å². The van der Waals surface area contributed by atoms with Crippen LogP contribution in [0.25, 0.3) is 0 Å². The number of amides is 1. The van der Waals surface area contributed by atoms with E-state index in [0.717, 1.165) is 25.7 Å². The Labute approximate surface area is 128 Å². The Morgan fingerprint density at radius 3 is 2.32 bits per heavy atom. The van der Waals surface area contributed by atoms with Crippen molar-refractivity contribution in [3.63, 3.8) is 0 Å². The highest BCUT2D eigenvalue weighted by atomic mass is 19.4. The van der Waals surface area contributed by atoms with Crippen LogP contribution >= 0.6 is 0 Å². The average molecular weight is 323 g/mol. The number of nitrogens with one attached hydrogen (secondary N) is 1. The van der Waals surface area contributed by atoms with Crippen LogP contribution in [0.3, 0.4) is 0 Å². The van der Waals surface area contributed by atoms with Gasteiger partial charge in [-0.1, -0.05) is 32.1 Å². The van der Waals surface area contributed by atoms with Crippen molar-refractivity contribution in [3.8, 4) is 0 Å². The predicted molar refractivity (Wildman–Crippen MR) is 75.3 cm³/mol. The number of hydrogen-bond acceptors (Lipinski definition) is 2. The molecule has 0 aromatic heterocycles. The van der Waals surface area contributed by atoms with Gasteiger partial charge in [0, 0.05) is 18.9 Å². The third-order valence-electron chi connectivity index (χ3n) is 4.05. The van der Waals surface area contributed by atoms with Gasteiger partial charge in [-0.15, -0.1) is 0 Å². The summed E-state index contributed by atoms with van der Waals surface area (Å²) in [5, 5.41) is 11.3. The fraction of sp³-hybridized carbons (Fsp3) is 0.867. The van der Waals surface area contributed by atoms with Crippen LogP contribution in [-0.4, -0.2) is 29.2 Å². The number of hydrogen-bond donors (Lipinski definition) is 2. The Hall–Kier alpha value is -1.27. The third kappa shape index (κ3) is 8.89. The van der Waals surface area contributed by atoms with Gasteiger partial charge in [-0.05, 0) is 18.8 Å². The molecule has 1 atom stereocenters. The molecule has 0 radical (unpaired) electrons. The molecule has 7 heteroatoms. The van der Waals surface area contributed by atoms with Gasteiger partial charge in [-0.25, -0.2) is 0 Å². The Morgan fingerprint density at radius 2 is 1.77 bits per heavy atom. The highest BCUT2D eigenvalue weighted by molar-refractivity contribution is 5.76. The number of rotatable bonds is 8. The second-order valence-electron chi connectivity index (χ2n) is 6.05. The quantitative estimate of drug-likeness (QED) is 0.716. The normalized spacial score (nSPS) is 18.0. The van der Waals surface area contributed by atoms with Crippen LogP contribution in [0.5, 0.6) is 0 Å². The maximum absolute atomic E-state index is 12.1. The molecule has 4 nitrogen and oxygen atoms in total. The molecule has 128 valence electrons. The fourth-order valence-electron chi connectivity index (χ4n) is 2.93. The summed E-state index contributed by atoms with van der Waals surface area (Å²) in [6.07, 6.45) is 0.267. The molecular weight excluding hydrogens is 299 g/mol. The van der Waals surface area contributed by atoms with Gasteiger partial charge in [-0.3, -0.25) is 9.59 Å². The lowest BCUT2D eigenvalue weighted by atomic mass is 9.84. The molecule has 0 aliphatic heterocycles. The maximum Gasteiger partial charge on any atom is 0.389 e. The maximum atomic E-state index is 12.1. The van der Waals surface area contributed by atoms with E-state index in [4.69, 9.17) is 5.11 Å². The molecule has 22 heavy (non-hydrogen) atoms. The van der Waals surface area contributed by atoms with Crippen molar-refractivity contribution in [1.29, 1.82) is 0 Å². The summed E-state index contributed by atoms with van der Waals surface area (Å²) in [6, 6.07) is -0.347. The van der Waals surface area contributed by atoms with Gasteiger partial charge in [0.25, 0.3) is 0 Å². The first kappa shape index (κ1) is 18.8. The molecule has 1 aliphatic rings. The first-order valence-electron chi connectivity index (χ1n) is 7.84. The van der Waals surface area contributed by atoms with Crippen LogP contribution in [0.2, 0.25) is 0 Å². The molecule has 1 saturated carbocycles. The summed E-state index contributed by atoms with van der Waals surface area (Å²) >= 11 is 0. The van der Waals surface area contributed by atoms with Crippen LogP contribution in [-0.2, 0) is 9.59 Å². The van der Waals surface area contributed by atoms with E-state index in [1.807, 2.05) is 0 Å². The summed E-state index contributed by atoms with van der Waals surface area (Å²) in [6.45, 7) is 0. The number of carbonyl (C=O) groups is 2. The Morgan fingerprint density at radius 1 is 1.14 bits per heavy atom. The summed E-state index contributed by atoms with van der Waals surface area (Å²) in [7, 11) is 0. The number of carboxylic acids is 1. The van der Waals surface area contributed by atoms with E-state index in [1.54, 1.807) is 0 Å². The highest BCUT2D eigenvalue weighted by Gasteiger charge is 2.28. The molecule has 0 bridgehead atoms. The standard InChI is InChI=1S/C15H24F3NO3/c16-15(17,18)9-8-13(20)19-12(6-7-14(21)22)10-11-4-2-1-3-5-11/h11-12H,1-10H2,(H,19,20)(H,21,22). The number of carboxylic acid groups (broad SMARTS) is 1. The number of alkyl halides is 3. The summed E-state index contributed by atoms with van der Waals surface area (Å²) in [5.74, 6) is -1.18. The lowest BCUT2D eigenvalue weighted by Crippen LogP contribution is -2.37. The van der Waals surface area contributed by atoms with Crippen LogP contribution in [0.4, 0.5) is 13.2 Å². The molecule has 2 N–H and O–H groups in total. The Balaban J connectivity index is 2.45. The SMILES string of the molecule is O=C(O)CCC(CC1CCCCC1)NC(=O)CCC(F)(F)F. The van der Waals surface area contributed by atoms with Gasteiger partial charge in [0.05, 0.1) is 6.42 Å². The third-order valence-corrected chi connectivity index (χ3v) is 4.05. The molecular formula is C15H24F3NO3.